The minimum Gasteiger partial charge on any atom is -0.501 e. The molecule has 0 saturated carbocycles. The van der Waals surface area contributed by atoms with Crippen molar-refractivity contribution in [1.82, 2.24) is 4.90 Å². The number of β-amino-alcohol motifs (C(OH)–C–C–N with tert-alkyl or cyclic N) is 1. The van der Waals surface area contributed by atoms with Gasteiger partial charge in [-0.15, -0.1) is 0 Å². The smallest absolute Gasteiger partial charge is 0.103 e. The fourth-order valence-electron chi connectivity index (χ4n) is 2.31. The molecule has 80 valence electrons. The van der Waals surface area contributed by atoms with Crippen molar-refractivity contribution in [3.8, 4) is 0 Å². The van der Waals surface area contributed by atoms with E-state index in [0.717, 1.165) is 51.1 Å². The molecule has 0 aromatic rings. The van der Waals surface area contributed by atoms with Gasteiger partial charge in [-0.1, -0.05) is 6.92 Å². The van der Waals surface area contributed by atoms with Gasteiger partial charge in [-0.3, -0.25) is 0 Å². The average Bonchev–Trinajstić information content (AvgIpc) is 2.63. The number of hydrogen-bond acceptors (Lipinski definition) is 3. The van der Waals surface area contributed by atoms with Crippen molar-refractivity contribution in [2.75, 3.05) is 26.2 Å². The molecule has 0 bridgehead atoms. The number of likely N-dealkylation sites (N-methyl/N-ethyl adjacent to an activating group) is 1. The van der Waals surface area contributed by atoms with Gasteiger partial charge >= 0.3 is 0 Å². The molecular weight excluding hydrogens is 178 g/mol. The zero-order valence-electron chi connectivity index (χ0n) is 8.83. The largest absolute Gasteiger partial charge is 0.501 e. The third-order valence-corrected chi connectivity index (χ3v) is 3.31. The fraction of sp³-hybridized carbons (Fsp3) is 0.818. The van der Waals surface area contributed by atoms with Gasteiger partial charge in [0.05, 0.1) is 12.9 Å². The third-order valence-electron chi connectivity index (χ3n) is 3.31. The zero-order valence-corrected chi connectivity index (χ0v) is 8.83. The highest BCUT2D eigenvalue weighted by molar-refractivity contribution is 5.19. The molecule has 0 radical (unpaired) electrons. The molecule has 1 saturated heterocycles. The lowest BCUT2D eigenvalue weighted by molar-refractivity contribution is 0.0705. The number of aliphatic hydroxyl groups is 1. The summed E-state index contributed by atoms with van der Waals surface area (Å²) in [7, 11) is 0. The molecule has 0 aromatic carbocycles. The van der Waals surface area contributed by atoms with Crippen LogP contribution in [0.1, 0.15) is 26.2 Å². The van der Waals surface area contributed by atoms with Gasteiger partial charge in [0.15, 0.2) is 0 Å². The lowest BCUT2D eigenvalue weighted by Crippen LogP contribution is -2.36. The molecule has 1 fully saturated rings. The van der Waals surface area contributed by atoms with E-state index < -0.39 is 5.60 Å². The first-order chi connectivity index (χ1) is 6.74. The van der Waals surface area contributed by atoms with E-state index in [1.165, 1.54) is 0 Å². The zero-order chi connectivity index (χ0) is 10.0. The number of nitrogens with zero attached hydrogens (tertiary/aromatic N) is 1. The summed E-state index contributed by atoms with van der Waals surface area (Å²) in [6.45, 7) is 5.74. The van der Waals surface area contributed by atoms with E-state index in [1.54, 1.807) is 6.26 Å². The summed E-state index contributed by atoms with van der Waals surface area (Å²) in [5.41, 5.74) is 0.496. The van der Waals surface area contributed by atoms with Crippen LogP contribution in [0.25, 0.3) is 0 Å². The summed E-state index contributed by atoms with van der Waals surface area (Å²) < 4.78 is 5.29. The molecule has 1 N–H and O–H groups in total. The van der Waals surface area contributed by atoms with Gasteiger partial charge in [-0.05, 0) is 31.4 Å². The maximum atomic E-state index is 10.4. The summed E-state index contributed by atoms with van der Waals surface area (Å²) >= 11 is 0. The Morgan fingerprint density at radius 2 is 2.50 bits per heavy atom. The Hall–Kier alpha value is -0.540. The molecule has 2 rings (SSSR count). The van der Waals surface area contributed by atoms with E-state index in [-0.39, 0.29) is 0 Å². The average molecular weight is 197 g/mol. The van der Waals surface area contributed by atoms with Gasteiger partial charge in [0, 0.05) is 13.1 Å². The molecule has 2 heterocycles. The predicted molar refractivity (Wildman–Crippen MR) is 54.9 cm³/mol. The van der Waals surface area contributed by atoms with Crippen molar-refractivity contribution in [3.63, 3.8) is 0 Å². The van der Waals surface area contributed by atoms with Crippen LogP contribution in [-0.2, 0) is 4.74 Å². The highest BCUT2D eigenvalue weighted by Crippen LogP contribution is 2.32. The standard InChI is InChI=1S/C11H19NO2/c1-2-12-6-5-11(13,9-12)10-4-3-7-14-8-10/h8,13H,2-7,9H2,1H3. The molecule has 1 unspecified atom stereocenters. The van der Waals surface area contributed by atoms with Crippen LogP contribution in [-0.4, -0.2) is 41.8 Å². The SMILES string of the molecule is CCN1CCC(O)(C2=COCCC2)C1. The Balaban J connectivity index is 2.05. The topological polar surface area (TPSA) is 32.7 Å². The highest BCUT2D eigenvalue weighted by atomic mass is 16.5. The van der Waals surface area contributed by atoms with Crippen molar-refractivity contribution in [2.45, 2.75) is 31.8 Å². The minimum atomic E-state index is -0.601. The second-order valence-electron chi connectivity index (χ2n) is 4.27. The first-order valence-corrected chi connectivity index (χ1v) is 5.50. The number of hydrogen-bond donors (Lipinski definition) is 1. The molecular formula is C11H19NO2. The minimum absolute atomic E-state index is 0.601. The Morgan fingerprint density at radius 3 is 3.07 bits per heavy atom. The summed E-state index contributed by atoms with van der Waals surface area (Å²) in [4.78, 5) is 2.29. The Bertz CT molecular complexity index is 239. The van der Waals surface area contributed by atoms with Crippen LogP contribution in [0, 0.1) is 0 Å². The van der Waals surface area contributed by atoms with E-state index in [9.17, 15) is 5.11 Å². The number of ether oxygens (including phenoxy) is 1. The second-order valence-corrected chi connectivity index (χ2v) is 4.27. The van der Waals surface area contributed by atoms with Gasteiger partial charge in [0.1, 0.15) is 5.60 Å². The molecule has 0 spiro atoms. The van der Waals surface area contributed by atoms with E-state index >= 15 is 0 Å². The summed E-state index contributed by atoms with van der Waals surface area (Å²) in [5, 5.41) is 10.4. The summed E-state index contributed by atoms with van der Waals surface area (Å²) in [6, 6.07) is 0. The van der Waals surface area contributed by atoms with Crippen LogP contribution >= 0.6 is 0 Å². The van der Waals surface area contributed by atoms with Crippen LogP contribution in [0.15, 0.2) is 11.8 Å². The lowest BCUT2D eigenvalue weighted by Gasteiger charge is -2.28. The highest BCUT2D eigenvalue weighted by Gasteiger charge is 2.39. The fourth-order valence-corrected chi connectivity index (χ4v) is 2.31. The summed E-state index contributed by atoms with van der Waals surface area (Å²) in [6.07, 6.45) is 4.67. The third kappa shape index (κ3) is 1.79. The van der Waals surface area contributed by atoms with Crippen molar-refractivity contribution < 1.29 is 9.84 Å². The molecule has 3 heteroatoms. The molecule has 0 amide bonds. The van der Waals surface area contributed by atoms with Crippen LogP contribution in [0.2, 0.25) is 0 Å². The van der Waals surface area contributed by atoms with Gasteiger partial charge < -0.3 is 14.7 Å². The molecule has 2 aliphatic heterocycles. The maximum absolute atomic E-state index is 10.4. The van der Waals surface area contributed by atoms with Crippen LogP contribution < -0.4 is 0 Å². The molecule has 2 aliphatic rings. The van der Waals surface area contributed by atoms with Crippen LogP contribution in [0.3, 0.4) is 0 Å². The van der Waals surface area contributed by atoms with Gasteiger partial charge in [-0.25, -0.2) is 0 Å². The number of rotatable bonds is 2. The van der Waals surface area contributed by atoms with Crippen molar-refractivity contribution in [3.05, 3.63) is 11.8 Å². The quantitative estimate of drug-likeness (QED) is 0.720. The van der Waals surface area contributed by atoms with Crippen molar-refractivity contribution >= 4 is 0 Å². The van der Waals surface area contributed by atoms with E-state index in [0.29, 0.717) is 0 Å². The lowest BCUT2D eigenvalue weighted by atomic mass is 9.89. The molecule has 1 atom stereocenters. The first kappa shape index (κ1) is 9.99. The Kier molecular flexibility index (Phi) is 2.79. The van der Waals surface area contributed by atoms with Gasteiger partial charge in [0.2, 0.25) is 0 Å². The van der Waals surface area contributed by atoms with Crippen molar-refractivity contribution in [2.24, 2.45) is 0 Å². The molecule has 14 heavy (non-hydrogen) atoms. The van der Waals surface area contributed by atoms with Gasteiger partial charge in [-0.2, -0.15) is 0 Å². The second kappa shape index (κ2) is 3.91. The maximum Gasteiger partial charge on any atom is 0.103 e. The van der Waals surface area contributed by atoms with E-state index in [1.807, 2.05) is 0 Å². The summed E-state index contributed by atoms with van der Waals surface area (Å²) in [5.74, 6) is 0. The van der Waals surface area contributed by atoms with Crippen LogP contribution in [0.4, 0.5) is 0 Å². The van der Waals surface area contributed by atoms with Crippen molar-refractivity contribution in [1.29, 1.82) is 0 Å². The first-order valence-electron chi connectivity index (χ1n) is 5.50. The normalized spacial score (nSPS) is 34.0. The number of likely N-dealkylation sites (tertiary alicyclic amines) is 1. The van der Waals surface area contributed by atoms with E-state index in [4.69, 9.17) is 4.74 Å². The molecule has 3 nitrogen and oxygen atoms in total. The monoisotopic (exact) mass is 197 g/mol. The van der Waals surface area contributed by atoms with Crippen LogP contribution in [0.5, 0.6) is 0 Å². The molecule has 0 aromatic heterocycles. The van der Waals surface area contributed by atoms with Gasteiger partial charge in [0.25, 0.3) is 0 Å². The predicted octanol–water partition coefficient (Wildman–Crippen LogP) is 1.14. The Morgan fingerprint density at radius 1 is 1.64 bits per heavy atom. The molecule has 0 aliphatic carbocycles. The Labute approximate surface area is 85.4 Å². The van der Waals surface area contributed by atoms with E-state index in [2.05, 4.69) is 11.8 Å².